The second-order valence-corrected chi connectivity index (χ2v) is 7.27. The molecule has 0 aromatic rings. The average Bonchev–Trinajstić information content (AvgIpc) is 2.16. The van der Waals surface area contributed by atoms with Crippen LogP contribution in [-0.4, -0.2) is 60.6 Å². The van der Waals surface area contributed by atoms with Gasteiger partial charge in [0.15, 0.2) is 9.84 Å². The zero-order valence-corrected chi connectivity index (χ0v) is 11.0. The van der Waals surface area contributed by atoms with E-state index in [0.717, 1.165) is 0 Å². The first-order valence-corrected chi connectivity index (χ1v) is 7.43. The van der Waals surface area contributed by atoms with Crippen LogP contribution in [0.2, 0.25) is 0 Å². The van der Waals surface area contributed by atoms with Gasteiger partial charge in [0, 0.05) is 19.1 Å². The van der Waals surface area contributed by atoms with Gasteiger partial charge >= 0.3 is 5.97 Å². The average molecular weight is 264 g/mol. The Morgan fingerprint density at radius 1 is 1.47 bits per heavy atom. The standard InChI is InChI=1S/C10H20N2O4S/c1-8(7-10(2,11)9(13)14)12-3-5-17(15,16)6-4-12/h8H,3-7,11H2,1-2H3,(H,13,14). The van der Waals surface area contributed by atoms with E-state index in [9.17, 15) is 13.2 Å². The van der Waals surface area contributed by atoms with E-state index in [1.54, 1.807) is 0 Å². The fourth-order valence-corrected chi connectivity index (χ4v) is 3.23. The highest BCUT2D eigenvalue weighted by atomic mass is 32.2. The van der Waals surface area contributed by atoms with E-state index >= 15 is 0 Å². The van der Waals surface area contributed by atoms with Crippen LogP contribution in [0, 0.1) is 0 Å². The van der Waals surface area contributed by atoms with Gasteiger partial charge in [0.2, 0.25) is 0 Å². The molecule has 100 valence electrons. The van der Waals surface area contributed by atoms with E-state index in [4.69, 9.17) is 10.8 Å². The summed E-state index contributed by atoms with van der Waals surface area (Å²) in [6.45, 7) is 4.27. The number of nitrogens with zero attached hydrogens (tertiary/aromatic N) is 1. The molecule has 1 aliphatic rings. The molecule has 1 saturated heterocycles. The first-order chi connectivity index (χ1) is 7.64. The number of carbonyl (C=O) groups is 1. The lowest BCUT2D eigenvalue weighted by Gasteiger charge is -2.35. The molecule has 2 unspecified atom stereocenters. The van der Waals surface area contributed by atoms with E-state index in [1.807, 2.05) is 11.8 Å². The smallest absolute Gasteiger partial charge is 0.323 e. The van der Waals surface area contributed by atoms with Crippen molar-refractivity contribution in [1.29, 1.82) is 0 Å². The molecule has 1 rings (SSSR count). The Hall–Kier alpha value is -0.660. The summed E-state index contributed by atoms with van der Waals surface area (Å²) in [4.78, 5) is 12.9. The van der Waals surface area contributed by atoms with Gasteiger partial charge in [-0.2, -0.15) is 0 Å². The van der Waals surface area contributed by atoms with Crippen LogP contribution in [0.25, 0.3) is 0 Å². The van der Waals surface area contributed by atoms with Crippen LogP contribution in [0.3, 0.4) is 0 Å². The molecule has 1 heterocycles. The van der Waals surface area contributed by atoms with Gasteiger partial charge in [-0.15, -0.1) is 0 Å². The van der Waals surface area contributed by atoms with Crippen molar-refractivity contribution in [2.45, 2.75) is 31.8 Å². The monoisotopic (exact) mass is 264 g/mol. The first kappa shape index (κ1) is 14.4. The van der Waals surface area contributed by atoms with Crippen molar-refractivity contribution in [3.63, 3.8) is 0 Å². The minimum atomic E-state index is -2.90. The van der Waals surface area contributed by atoms with Gasteiger partial charge in [-0.1, -0.05) is 0 Å². The second kappa shape index (κ2) is 4.91. The topological polar surface area (TPSA) is 101 Å². The van der Waals surface area contributed by atoms with E-state index in [-0.39, 0.29) is 17.5 Å². The SMILES string of the molecule is CC(CC(C)(N)C(=O)O)N1CCS(=O)(=O)CC1. The lowest BCUT2D eigenvalue weighted by Crippen LogP contribution is -2.52. The molecule has 6 nitrogen and oxygen atoms in total. The molecule has 0 bridgehead atoms. The number of hydrogen-bond donors (Lipinski definition) is 2. The van der Waals surface area contributed by atoms with Crippen LogP contribution in [0.1, 0.15) is 20.3 Å². The fraction of sp³-hybridized carbons (Fsp3) is 0.900. The predicted octanol–water partition coefficient (Wildman–Crippen LogP) is -0.703. The predicted molar refractivity (Wildman–Crippen MR) is 64.5 cm³/mol. The van der Waals surface area contributed by atoms with Crippen molar-refractivity contribution >= 4 is 15.8 Å². The number of carboxylic acids is 1. The molecule has 17 heavy (non-hydrogen) atoms. The van der Waals surface area contributed by atoms with Gasteiger partial charge in [0.25, 0.3) is 0 Å². The Bertz CT molecular complexity index is 377. The number of rotatable bonds is 4. The van der Waals surface area contributed by atoms with Gasteiger partial charge in [0.05, 0.1) is 11.5 Å². The molecule has 0 spiro atoms. The van der Waals surface area contributed by atoms with E-state index in [1.165, 1.54) is 6.92 Å². The maximum absolute atomic E-state index is 11.3. The van der Waals surface area contributed by atoms with Gasteiger partial charge in [-0.3, -0.25) is 9.69 Å². The third-order valence-corrected chi connectivity index (χ3v) is 4.82. The van der Waals surface area contributed by atoms with Gasteiger partial charge in [-0.05, 0) is 20.3 Å². The fourth-order valence-electron chi connectivity index (χ4n) is 2.00. The van der Waals surface area contributed by atoms with E-state index in [2.05, 4.69) is 0 Å². The zero-order valence-electron chi connectivity index (χ0n) is 10.2. The zero-order chi connectivity index (χ0) is 13.3. The minimum Gasteiger partial charge on any atom is -0.480 e. The molecule has 0 amide bonds. The number of nitrogens with two attached hydrogens (primary N) is 1. The maximum atomic E-state index is 11.3. The van der Waals surface area contributed by atoms with Crippen LogP contribution >= 0.6 is 0 Å². The molecule has 0 saturated carbocycles. The molecule has 0 aromatic heterocycles. The van der Waals surface area contributed by atoms with Gasteiger partial charge < -0.3 is 10.8 Å². The third-order valence-electron chi connectivity index (χ3n) is 3.21. The normalized spacial score (nSPS) is 26.1. The largest absolute Gasteiger partial charge is 0.480 e. The van der Waals surface area contributed by atoms with Crippen LogP contribution < -0.4 is 5.73 Å². The van der Waals surface area contributed by atoms with Crippen molar-refractivity contribution < 1.29 is 18.3 Å². The van der Waals surface area contributed by atoms with E-state index in [0.29, 0.717) is 19.5 Å². The van der Waals surface area contributed by atoms with Crippen LogP contribution in [0.5, 0.6) is 0 Å². The highest BCUT2D eigenvalue weighted by molar-refractivity contribution is 7.91. The highest BCUT2D eigenvalue weighted by Crippen LogP contribution is 2.16. The molecule has 2 atom stereocenters. The summed E-state index contributed by atoms with van der Waals surface area (Å²) < 4.78 is 22.5. The maximum Gasteiger partial charge on any atom is 0.323 e. The summed E-state index contributed by atoms with van der Waals surface area (Å²) in [6.07, 6.45) is 0.308. The number of sulfone groups is 1. The number of hydrogen-bond acceptors (Lipinski definition) is 5. The molecular formula is C10H20N2O4S. The van der Waals surface area contributed by atoms with Crippen molar-refractivity contribution in [2.75, 3.05) is 24.6 Å². The van der Waals surface area contributed by atoms with Crippen LogP contribution in [-0.2, 0) is 14.6 Å². The summed E-state index contributed by atoms with van der Waals surface area (Å²) in [5.74, 6) is -0.744. The summed E-state index contributed by atoms with van der Waals surface area (Å²) in [7, 11) is -2.90. The molecule has 0 radical (unpaired) electrons. The Kier molecular flexibility index (Phi) is 4.16. The Morgan fingerprint density at radius 2 is 1.94 bits per heavy atom. The molecular weight excluding hydrogens is 244 g/mol. The Morgan fingerprint density at radius 3 is 2.35 bits per heavy atom. The summed E-state index contributed by atoms with van der Waals surface area (Å²) >= 11 is 0. The second-order valence-electron chi connectivity index (χ2n) is 4.96. The summed E-state index contributed by atoms with van der Waals surface area (Å²) in [5.41, 5.74) is 4.41. The van der Waals surface area contributed by atoms with Crippen molar-refractivity contribution in [3.05, 3.63) is 0 Å². The minimum absolute atomic E-state index is 0.0309. The van der Waals surface area contributed by atoms with Gasteiger partial charge in [0.1, 0.15) is 5.54 Å². The van der Waals surface area contributed by atoms with Gasteiger partial charge in [-0.25, -0.2) is 8.42 Å². The molecule has 3 N–H and O–H groups in total. The van der Waals surface area contributed by atoms with Crippen LogP contribution in [0.15, 0.2) is 0 Å². The van der Waals surface area contributed by atoms with Crippen molar-refractivity contribution in [2.24, 2.45) is 5.73 Å². The summed E-state index contributed by atoms with van der Waals surface area (Å²) in [5, 5.41) is 8.93. The molecule has 7 heteroatoms. The number of aliphatic carboxylic acids is 1. The summed E-state index contributed by atoms with van der Waals surface area (Å²) in [6, 6.07) is -0.0309. The molecule has 0 aliphatic carbocycles. The van der Waals surface area contributed by atoms with E-state index < -0.39 is 21.3 Å². The molecule has 1 fully saturated rings. The van der Waals surface area contributed by atoms with Crippen LogP contribution in [0.4, 0.5) is 0 Å². The van der Waals surface area contributed by atoms with Crippen molar-refractivity contribution in [3.8, 4) is 0 Å². The van der Waals surface area contributed by atoms with Crippen molar-refractivity contribution in [1.82, 2.24) is 4.90 Å². The molecule has 1 aliphatic heterocycles. The third kappa shape index (κ3) is 3.93. The lowest BCUT2D eigenvalue weighted by molar-refractivity contribution is -0.143. The first-order valence-electron chi connectivity index (χ1n) is 5.61. The number of carboxylic acid groups (broad SMARTS) is 1. The quantitative estimate of drug-likeness (QED) is 0.696. The Balaban J connectivity index is 2.55. The Labute approximate surface area is 102 Å². The highest BCUT2D eigenvalue weighted by Gasteiger charge is 2.33. The lowest BCUT2D eigenvalue weighted by atomic mass is 9.94. The molecule has 0 aromatic carbocycles.